The van der Waals surface area contributed by atoms with E-state index in [9.17, 15) is 0 Å². The van der Waals surface area contributed by atoms with E-state index in [0.717, 1.165) is 12.4 Å². The topological polar surface area (TPSA) is 9.23 Å². The third-order valence-corrected chi connectivity index (χ3v) is 10.7. The van der Waals surface area contributed by atoms with Crippen molar-refractivity contribution < 1.29 is 4.74 Å². The van der Waals surface area contributed by atoms with Crippen LogP contribution in [0, 0.1) is 0 Å². The largest absolute Gasteiger partial charge is 0.333 e. The first-order chi connectivity index (χ1) is 11.9. The number of ether oxygens (including phenoxy) is 1. The van der Waals surface area contributed by atoms with Crippen LogP contribution >= 0.6 is 19.0 Å². The van der Waals surface area contributed by atoms with Crippen molar-refractivity contribution in [3.63, 3.8) is 0 Å². The zero-order valence-electron chi connectivity index (χ0n) is 13.4. The molecule has 24 heavy (non-hydrogen) atoms. The van der Waals surface area contributed by atoms with Crippen LogP contribution in [0.15, 0.2) is 91.0 Å². The van der Waals surface area contributed by atoms with Gasteiger partial charge in [0, 0.05) is 5.75 Å². The van der Waals surface area contributed by atoms with Gasteiger partial charge in [0.1, 0.15) is 15.9 Å². The second-order valence-corrected chi connectivity index (χ2v) is 10.8. The minimum absolute atomic E-state index is 0.185. The number of benzene rings is 3. The van der Waals surface area contributed by atoms with Crippen LogP contribution in [0.5, 0.6) is 0 Å². The summed E-state index contributed by atoms with van der Waals surface area (Å²) < 4.78 is 6.29. The van der Waals surface area contributed by atoms with Gasteiger partial charge >= 0.3 is 0 Å². The lowest BCUT2D eigenvalue weighted by molar-refractivity contribution is 0.193. The molecule has 1 unspecified atom stereocenters. The Labute approximate surface area is 148 Å². The van der Waals surface area contributed by atoms with Crippen LogP contribution in [-0.2, 0) is 4.74 Å². The smallest absolute Gasteiger partial charge is 0.228 e. The lowest BCUT2D eigenvalue weighted by Crippen LogP contribution is -2.37. The van der Waals surface area contributed by atoms with Crippen LogP contribution in [0.3, 0.4) is 0 Å². The maximum atomic E-state index is 6.29. The van der Waals surface area contributed by atoms with Crippen molar-refractivity contribution in [3.05, 3.63) is 91.0 Å². The Morgan fingerprint density at radius 2 is 1.08 bits per heavy atom. The van der Waals surface area contributed by atoms with E-state index in [4.69, 9.17) is 4.74 Å². The molecule has 0 saturated carbocycles. The second-order valence-electron chi connectivity index (χ2n) is 5.78. The predicted molar refractivity (Wildman–Crippen MR) is 107 cm³/mol. The summed E-state index contributed by atoms with van der Waals surface area (Å²) >= 11 is 1.96. The summed E-state index contributed by atoms with van der Waals surface area (Å²) in [6.07, 6.45) is 0. The predicted octanol–water partition coefficient (Wildman–Crippen LogP) is 4.03. The van der Waals surface area contributed by atoms with E-state index in [0.29, 0.717) is 0 Å². The van der Waals surface area contributed by atoms with Crippen molar-refractivity contribution >= 4 is 34.9 Å². The van der Waals surface area contributed by atoms with Crippen molar-refractivity contribution in [1.82, 2.24) is 0 Å². The highest BCUT2D eigenvalue weighted by Crippen LogP contribution is 2.64. The molecule has 0 aliphatic carbocycles. The minimum atomic E-state index is -1.86. The molecule has 1 aliphatic rings. The normalized spacial score (nSPS) is 17.8. The lowest BCUT2D eigenvalue weighted by atomic mass is 10.4. The number of thioether (sulfide) groups is 1. The summed E-state index contributed by atoms with van der Waals surface area (Å²) in [6, 6.07) is 32.8. The SMILES string of the molecule is c1ccc([P+](c2ccccc2)(c2ccccc2)C2OCCS2)cc1. The Balaban J connectivity index is 2.03. The van der Waals surface area contributed by atoms with Gasteiger partial charge in [-0.1, -0.05) is 66.4 Å². The van der Waals surface area contributed by atoms with Crippen molar-refractivity contribution in [2.45, 2.75) is 5.18 Å². The fourth-order valence-corrected chi connectivity index (χ4v) is 10.1. The van der Waals surface area contributed by atoms with E-state index in [2.05, 4.69) is 91.0 Å². The highest BCUT2D eigenvalue weighted by molar-refractivity contribution is 8.14. The fourth-order valence-electron chi connectivity index (χ4n) is 3.37. The number of rotatable bonds is 4. The Hall–Kier alpha value is -1.60. The number of hydrogen-bond donors (Lipinski definition) is 0. The molecular formula is C21H20OPS+. The van der Waals surface area contributed by atoms with Crippen LogP contribution in [0.4, 0.5) is 0 Å². The molecule has 0 radical (unpaired) electrons. The van der Waals surface area contributed by atoms with Gasteiger partial charge in [-0.3, -0.25) is 0 Å². The van der Waals surface area contributed by atoms with Crippen LogP contribution in [0.25, 0.3) is 0 Å². The molecule has 0 spiro atoms. The minimum Gasteiger partial charge on any atom is -0.333 e. The van der Waals surface area contributed by atoms with Gasteiger partial charge in [-0.15, -0.1) is 0 Å². The van der Waals surface area contributed by atoms with Gasteiger partial charge in [-0.2, -0.15) is 0 Å². The Morgan fingerprint density at radius 1 is 0.667 bits per heavy atom. The standard InChI is InChI=1S/C21H20OPS/c1-4-10-18(11-5-1)23(21-22-16-17-24-21,19-12-6-2-7-13-19)20-14-8-3-9-15-20/h1-15,21H,16-17H2/q+1. The average Bonchev–Trinajstić information content (AvgIpc) is 3.20. The molecule has 3 heteroatoms. The lowest BCUT2D eigenvalue weighted by Gasteiger charge is -2.31. The zero-order valence-corrected chi connectivity index (χ0v) is 15.1. The monoisotopic (exact) mass is 351 g/mol. The molecule has 1 atom stereocenters. The Bertz CT molecular complexity index is 674. The van der Waals surface area contributed by atoms with E-state index < -0.39 is 7.26 Å². The van der Waals surface area contributed by atoms with E-state index in [-0.39, 0.29) is 5.18 Å². The van der Waals surface area contributed by atoms with E-state index in [1.165, 1.54) is 15.9 Å². The molecule has 1 heterocycles. The summed E-state index contributed by atoms with van der Waals surface area (Å²) in [5.41, 5.74) is 0. The molecule has 120 valence electrons. The van der Waals surface area contributed by atoms with Gasteiger partial charge in [0.15, 0.2) is 7.26 Å². The van der Waals surface area contributed by atoms with Crippen LogP contribution in [-0.4, -0.2) is 17.5 Å². The molecule has 1 saturated heterocycles. The summed E-state index contributed by atoms with van der Waals surface area (Å²) in [6.45, 7) is 0.837. The van der Waals surface area contributed by atoms with Crippen molar-refractivity contribution in [3.8, 4) is 0 Å². The first-order valence-corrected chi connectivity index (χ1v) is 11.1. The average molecular weight is 351 g/mol. The fraction of sp³-hybridized carbons (Fsp3) is 0.143. The molecule has 3 aromatic rings. The third-order valence-electron chi connectivity index (χ3n) is 4.41. The molecule has 3 aromatic carbocycles. The highest BCUT2D eigenvalue weighted by Gasteiger charge is 2.55. The van der Waals surface area contributed by atoms with Gasteiger partial charge in [0.05, 0.1) is 6.61 Å². The van der Waals surface area contributed by atoms with Gasteiger partial charge in [0.25, 0.3) is 0 Å². The van der Waals surface area contributed by atoms with Crippen molar-refractivity contribution in [1.29, 1.82) is 0 Å². The van der Waals surface area contributed by atoms with Gasteiger partial charge < -0.3 is 4.74 Å². The van der Waals surface area contributed by atoms with Crippen LogP contribution < -0.4 is 15.9 Å². The maximum absolute atomic E-state index is 6.29. The third kappa shape index (κ3) is 2.69. The molecule has 1 aliphatic heterocycles. The van der Waals surface area contributed by atoms with Gasteiger partial charge in [-0.05, 0) is 36.4 Å². The Kier molecular flexibility index (Phi) is 4.71. The highest BCUT2D eigenvalue weighted by atomic mass is 32.2. The first kappa shape index (κ1) is 15.9. The van der Waals surface area contributed by atoms with Crippen LogP contribution in [0.2, 0.25) is 0 Å². The molecule has 0 amide bonds. The summed E-state index contributed by atoms with van der Waals surface area (Å²) in [7, 11) is -1.86. The van der Waals surface area contributed by atoms with Gasteiger partial charge in [-0.25, -0.2) is 0 Å². The summed E-state index contributed by atoms with van der Waals surface area (Å²) in [5.74, 6) is 1.07. The molecule has 0 bridgehead atoms. The summed E-state index contributed by atoms with van der Waals surface area (Å²) in [4.78, 5) is 0. The molecule has 4 rings (SSSR count). The quantitative estimate of drug-likeness (QED) is 0.657. The van der Waals surface area contributed by atoms with Crippen molar-refractivity contribution in [2.75, 3.05) is 12.4 Å². The summed E-state index contributed by atoms with van der Waals surface area (Å²) in [5, 5.41) is 4.36. The molecule has 1 nitrogen and oxygen atoms in total. The first-order valence-electron chi connectivity index (χ1n) is 8.21. The second kappa shape index (κ2) is 7.11. The molecule has 0 N–H and O–H groups in total. The number of hydrogen-bond acceptors (Lipinski definition) is 2. The van der Waals surface area contributed by atoms with Crippen molar-refractivity contribution in [2.24, 2.45) is 0 Å². The van der Waals surface area contributed by atoms with Crippen LogP contribution in [0.1, 0.15) is 0 Å². The molecular weight excluding hydrogens is 331 g/mol. The van der Waals surface area contributed by atoms with E-state index in [1.807, 2.05) is 11.8 Å². The van der Waals surface area contributed by atoms with E-state index >= 15 is 0 Å². The maximum Gasteiger partial charge on any atom is 0.228 e. The molecule has 1 fully saturated rings. The zero-order chi connectivity index (χ0) is 16.2. The van der Waals surface area contributed by atoms with E-state index in [1.54, 1.807) is 0 Å². The Morgan fingerprint density at radius 3 is 1.42 bits per heavy atom. The van der Waals surface area contributed by atoms with Gasteiger partial charge in [0.2, 0.25) is 5.18 Å². The molecule has 0 aromatic heterocycles.